The summed E-state index contributed by atoms with van der Waals surface area (Å²) in [7, 11) is 0. The van der Waals surface area contributed by atoms with Crippen LogP contribution in [0.4, 0.5) is 0 Å². The zero-order valence-corrected chi connectivity index (χ0v) is 6.66. The predicted octanol–water partition coefficient (Wildman–Crippen LogP) is 1.73. The summed E-state index contributed by atoms with van der Waals surface area (Å²) in [5, 5.41) is 0. The van der Waals surface area contributed by atoms with Gasteiger partial charge in [0.15, 0.2) is 0 Å². The van der Waals surface area contributed by atoms with E-state index in [0.717, 1.165) is 13.2 Å². The minimum Gasteiger partial charge on any atom is -0.381 e. The summed E-state index contributed by atoms with van der Waals surface area (Å²) >= 11 is 11.3. The summed E-state index contributed by atoms with van der Waals surface area (Å²) in [6, 6.07) is 0. The van der Waals surface area contributed by atoms with Gasteiger partial charge in [-0.1, -0.05) is 0 Å². The Kier molecular flexibility index (Phi) is 3.10. The summed E-state index contributed by atoms with van der Waals surface area (Å²) in [4.78, 5) is 0. The Hall–Kier alpha value is 0.540. The highest BCUT2D eigenvalue weighted by atomic mass is 35.5. The molecule has 0 aromatic carbocycles. The standard InChI is InChI=1S/C6H10Cl2O/c7-1-5-3-9-4-6(5)2-8/h5-6H,1-4H2/t5-,6+. The van der Waals surface area contributed by atoms with Gasteiger partial charge in [0.1, 0.15) is 0 Å². The van der Waals surface area contributed by atoms with Crippen LogP contribution >= 0.6 is 23.2 Å². The average molecular weight is 169 g/mol. The van der Waals surface area contributed by atoms with Crippen LogP contribution < -0.4 is 0 Å². The Morgan fingerprint density at radius 1 is 1.11 bits per heavy atom. The summed E-state index contributed by atoms with van der Waals surface area (Å²) in [5.74, 6) is 2.34. The van der Waals surface area contributed by atoms with Crippen molar-refractivity contribution in [2.75, 3.05) is 25.0 Å². The second-order valence-corrected chi connectivity index (χ2v) is 2.98. The Bertz CT molecular complexity index is 77.1. The largest absolute Gasteiger partial charge is 0.381 e. The minimum absolute atomic E-state index is 0.490. The van der Waals surface area contributed by atoms with E-state index in [1.807, 2.05) is 0 Å². The van der Waals surface area contributed by atoms with Gasteiger partial charge in [-0.15, -0.1) is 23.2 Å². The average Bonchev–Trinajstić information content (AvgIpc) is 2.33. The highest BCUT2D eigenvalue weighted by Crippen LogP contribution is 2.22. The molecule has 1 aliphatic rings. The van der Waals surface area contributed by atoms with Crippen LogP contribution in [0.5, 0.6) is 0 Å². The number of rotatable bonds is 2. The van der Waals surface area contributed by atoms with Crippen LogP contribution in [0.1, 0.15) is 0 Å². The van der Waals surface area contributed by atoms with Crippen LogP contribution in [0.2, 0.25) is 0 Å². The van der Waals surface area contributed by atoms with Crippen molar-refractivity contribution in [3.8, 4) is 0 Å². The Morgan fingerprint density at radius 3 is 1.89 bits per heavy atom. The van der Waals surface area contributed by atoms with E-state index in [0.29, 0.717) is 23.6 Å². The van der Waals surface area contributed by atoms with Crippen molar-refractivity contribution in [2.24, 2.45) is 11.8 Å². The van der Waals surface area contributed by atoms with Crippen molar-refractivity contribution in [1.29, 1.82) is 0 Å². The number of ether oxygens (including phenoxy) is 1. The second kappa shape index (κ2) is 3.65. The summed E-state index contributed by atoms with van der Waals surface area (Å²) in [5.41, 5.74) is 0. The molecule has 3 heteroatoms. The van der Waals surface area contributed by atoms with Crippen molar-refractivity contribution < 1.29 is 4.74 Å². The summed E-state index contributed by atoms with van der Waals surface area (Å²) < 4.78 is 5.18. The van der Waals surface area contributed by atoms with Gasteiger partial charge < -0.3 is 4.74 Å². The van der Waals surface area contributed by atoms with Crippen LogP contribution in [0, 0.1) is 11.8 Å². The molecule has 0 unspecified atom stereocenters. The zero-order chi connectivity index (χ0) is 6.69. The minimum atomic E-state index is 0.490. The molecule has 1 rings (SSSR count). The normalized spacial score (nSPS) is 35.3. The molecule has 1 saturated heterocycles. The van der Waals surface area contributed by atoms with Gasteiger partial charge in [-0.2, -0.15) is 0 Å². The molecule has 1 fully saturated rings. The predicted molar refractivity (Wildman–Crippen MR) is 39.2 cm³/mol. The van der Waals surface area contributed by atoms with Crippen molar-refractivity contribution in [3.63, 3.8) is 0 Å². The van der Waals surface area contributed by atoms with E-state index in [-0.39, 0.29) is 0 Å². The van der Waals surface area contributed by atoms with Gasteiger partial charge in [0.2, 0.25) is 0 Å². The highest BCUT2D eigenvalue weighted by Gasteiger charge is 2.26. The lowest BCUT2D eigenvalue weighted by Gasteiger charge is -2.09. The van der Waals surface area contributed by atoms with E-state index in [4.69, 9.17) is 27.9 Å². The van der Waals surface area contributed by atoms with Gasteiger partial charge in [0.25, 0.3) is 0 Å². The number of alkyl halides is 2. The van der Waals surface area contributed by atoms with Gasteiger partial charge in [-0.25, -0.2) is 0 Å². The molecule has 1 nitrogen and oxygen atoms in total. The Morgan fingerprint density at radius 2 is 1.56 bits per heavy atom. The van der Waals surface area contributed by atoms with E-state index < -0.39 is 0 Å². The topological polar surface area (TPSA) is 9.23 Å². The Labute approximate surface area is 65.3 Å². The molecular weight excluding hydrogens is 159 g/mol. The number of hydrogen-bond donors (Lipinski definition) is 0. The van der Waals surface area contributed by atoms with Gasteiger partial charge in [-0.3, -0.25) is 0 Å². The van der Waals surface area contributed by atoms with Crippen LogP contribution in [0.25, 0.3) is 0 Å². The Balaban J connectivity index is 2.32. The first-order valence-electron chi connectivity index (χ1n) is 3.08. The maximum Gasteiger partial charge on any atom is 0.0509 e. The van der Waals surface area contributed by atoms with Crippen molar-refractivity contribution in [1.82, 2.24) is 0 Å². The fourth-order valence-corrected chi connectivity index (χ4v) is 1.67. The van der Waals surface area contributed by atoms with E-state index in [2.05, 4.69) is 0 Å². The monoisotopic (exact) mass is 168 g/mol. The van der Waals surface area contributed by atoms with Crippen LogP contribution in [-0.2, 0) is 4.74 Å². The molecular formula is C6H10Cl2O. The first kappa shape index (κ1) is 7.64. The maximum atomic E-state index is 5.64. The van der Waals surface area contributed by atoms with Gasteiger partial charge in [0, 0.05) is 23.6 Å². The molecule has 1 aliphatic heterocycles. The molecule has 0 spiro atoms. The summed E-state index contributed by atoms with van der Waals surface area (Å²) in [6.45, 7) is 1.59. The fraction of sp³-hybridized carbons (Fsp3) is 1.00. The van der Waals surface area contributed by atoms with E-state index in [1.54, 1.807) is 0 Å². The first-order chi connectivity index (χ1) is 4.38. The number of hydrogen-bond acceptors (Lipinski definition) is 1. The molecule has 0 bridgehead atoms. The molecule has 0 aromatic rings. The quantitative estimate of drug-likeness (QED) is 0.572. The molecule has 54 valence electrons. The van der Waals surface area contributed by atoms with E-state index in [9.17, 15) is 0 Å². The molecule has 0 saturated carbocycles. The van der Waals surface area contributed by atoms with Gasteiger partial charge in [0.05, 0.1) is 13.2 Å². The van der Waals surface area contributed by atoms with E-state index in [1.165, 1.54) is 0 Å². The van der Waals surface area contributed by atoms with Gasteiger partial charge >= 0.3 is 0 Å². The zero-order valence-electron chi connectivity index (χ0n) is 5.15. The lowest BCUT2D eigenvalue weighted by molar-refractivity contribution is 0.183. The second-order valence-electron chi connectivity index (χ2n) is 2.37. The third-order valence-corrected chi connectivity index (χ3v) is 2.52. The lowest BCUT2D eigenvalue weighted by atomic mass is 10.0. The van der Waals surface area contributed by atoms with Crippen LogP contribution in [-0.4, -0.2) is 25.0 Å². The molecule has 0 aromatic heterocycles. The molecule has 0 N–H and O–H groups in total. The van der Waals surface area contributed by atoms with Crippen molar-refractivity contribution in [2.45, 2.75) is 0 Å². The van der Waals surface area contributed by atoms with Crippen LogP contribution in [0.15, 0.2) is 0 Å². The molecule has 1 heterocycles. The molecule has 2 atom stereocenters. The highest BCUT2D eigenvalue weighted by molar-refractivity contribution is 6.19. The van der Waals surface area contributed by atoms with Crippen LogP contribution in [0.3, 0.4) is 0 Å². The first-order valence-corrected chi connectivity index (χ1v) is 4.15. The van der Waals surface area contributed by atoms with Gasteiger partial charge in [-0.05, 0) is 0 Å². The van der Waals surface area contributed by atoms with E-state index >= 15 is 0 Å². The SMILES string of the molecule is ClC[C@@H]1COC[C@@H]1CCl. The molecule has 9 heavy (non-hydrogen) atoms. The molecule has 0 aliphatic carbocycles. The summed E-state index contributed by atoms with van der Waals surface area (Å²) in [6.07, 6.45) is 0. The fourth-order valence-electron chi connectivity index (χ4n) is 0.984. The van der Waals surface area contributed by atoms with Crippen molar-refractivity contribution in [3.05, 3.63) is 0 Å². The molecule has 0 amide bonds. The maximum absolute atomic E-state index is 5.64. The lowest BCUT2D eigenvalue weighted by Crippen LogP contribution is -2.14. The third kappa shape index (κ3) is 1.73. The molecule has 0 radical (unpaired) electrons. The van der Waals surface area contributed by atoms with Crippen molar-refractivity contribution >= 4 is 23.2 Å². The smallest absolute Gasteiger partial charge is 0.0509 e. The third-order valence-electron chi connectivity index (χ3n) is 1.73. The number of halogens is 2.